The first kappa shape index (κ1) is 12.9. The van der Waals surface area contributed by atoms with Crippen LogP contribution in [0.1, 0.15) is 29.4 Å². The molecule has 0 aromatic carbocycles. The number of aryl methyl sites for hydroxylation is 1. The van der Waals surface area contributed by atoms with E-state index in [0.717, 1.165) is 0 Å². The van der Waals surface area contributed by atoms with Crippen LogP contribution in [0.25, 0.3) is 5.78 Å². The number of amides is 1. The molecule has 0 fully saturated rings. The molecule has 0 saturated heterocycles. The summed E-state index contributed by atoms with van der Waals surface area (Å²) in [5, 5.41) is 15.1. The summed E-state index contributed by atoms with van der Waals surface area (Å²) >= 11 is 0. The molecule has 0 spiro atoms. The van der Waals surface area contributed by atoms with Gasteiger partial charge in [-0.2, -0.15) is 10.1 Å². The summed E-state index contributed by atoms with van der Waals surface area (Å²) in [5.41, 5.74) is 1.07. The third-order valence-electron chi connectivity index (χ3n) is 2.61. The lowest BCUT2D eigenvalue weighted by Crippen LogP contribution is -2.28. The van der Waals surface area contributed by atoms with Gasteiger partial charge in [0, 0.05) is 12.7 Å². The molecule has 1 amide bonds. The third kappa shape index (κ3) is 2.67. The molecule has 19 heavy (non-hydrogen) atoms. The van der Waals surface area contributed by atoms with Crippen LogP contribution in [0, 0.1) is 0 Å². The van der Waals surface area contributed by atoms with Crippen LogP contribution in [-0.2, 0) is 11.2 Å². The number of carbonyl (C=O) groups excluding carboxylic acids is 1. The second-order valence-electron chi connectivity index (χ2n) is 3.84. The molecule has 0 saturated carbocycles. The summed E-state index contributed by atoms with van der Waals surface area (Å²) in [7, 11) is 0. The summed E-state index contributed by atoms with van der Waals surface area (Å²) in [6, 6.07) is 0. The van der Waals surface area contributed by atoms with Gasteiger partial charge in [-0.05, 0) is 6.42 Å². The molecule has 0 radical (unpaired) electrons. The number of carboxylic acids is 1. The van der Waals surface area contributed by atoms with Gasteiger partial charge in [-0.1, -0.05) is 6.92 Å². The minimum atomic E-state index is -0.958. The number of hydrogen-bond acceptors (Lipinski definition) is 5. The number of nitrogens with zero attached hydrogens (tertiary/aromatic N) is 4. The minimum absolute atomic E-state index is 0.0761. The van der Waals surface area contributed by atoms with Crippen LogP contribution in [0.2, 0.25) is 0 Å². The predicted octanol–water partition coefficient (Wildman–Crippen LogP) is -0.109. The highest BCUT2D eigenvalue weighted by atomic mass is 16.4. The van der Waals surface area contributed by atoms with Gasteiger partial charge < -0.3 is 10.4 Å². The number of hydrogen-bond donors (Lipinski definition) is 2. The lowest BCUT2D eigenvalue weighted by Gasteiger charge is -2.08. The van der Waals surface area contributed by atoms with E-state index in [-0.39, 0.29) is 18.9 Å². The first-order valence-electron chi connectivity index (χ1n) is 5.81. The van der Waals surface area contributed by atoms with Crippen LogP contribution in [0.3, 0.4) is 0 Å². The summed E-state index contributed by atoms with van der Waals surface area (Å²) in [6.45, 7) is 1.97. The van der Waals surface area contributed by atoms with Gasteiger partial charge >= 0.3 is 5.97 Å². The van der Waals surface area contributed by atoms with Gasteiger partial charge in [-0.15, -0.1) is 0 Å². The zero-order valence-corrected chi connectivity index (χ0v) is 10.3. The summed E-state index contributed by atoms with van der Waals surface area (Å²) in [6.07, 6.45) is 3.27. The minimum Gasteiger partial charge on any atom is -0.481 e. The van der Waals surface area contributed by atoms with E-state index in [0.29, 0.717) is 23.5 Å². The maximum atomic E-state index is 12.0. The fourth-order valence-corrected chi connectivity index (χ4v) is 1.73. The SMILES string of the molecule is CCc1c(C(=O)NCCC(=O)O)cnc2ncnn12. The van der Waals surface area contributed by atoms with E-state index in [1.54, 1.807) is 0 Å². The predicted molar refractivity (Wildman–Crippen MR) is 64.7 cm³/mol. The van der Waals surface area contributed by atoms with Crippen LogP contribution in [0.15, 0.2) is 12.5 Å². The largest absolute Gasteiger partial charge is 0.481 e. The van der Waals surface area contributed by atoms with Crippen LogP contribution < -0.4 is 5.32 Å². The van der Waals surface area contributed by atoms with Gasteiger partial charge in [0.25, 0.3) is 11.7 Å². The Labute approximate surface area is 108 Å². The standard InChI is InChI=1S/C11H13N5O3/c1-2-8-7(10(19)12-4-3-9(17)18)5-13-11-14-6-15-16(8)11/h5-6H,2-4H2,1H3,(H,12,19)(H,17,18). The molecule has 0 aliphatic heterocycles. The second-order valence-corrected chi connectivity index (χ2v) is 3.84. The number of fused-ring (bicyclic) bond motifs is 1. The molecule has 8 nitrogen and oxygen atoms in total. The quantitative estimate of drug-likeness (QED) is 0.779. The highest BCUT2D eigenvalue weighted by Gasteiger charge is 2.15. The van der Waals surface area contributed by atoms with Crippen LogP contribution in [0.4, 0.5) is 0 Å². The summed E-state index contributed by atoms with van der Waals surface area (Å²) in [5.74, 6) is -0.886. The molecule has 0 aliphatic rings. The zero-order chi connectivity index (χ0) is 13.8. The molecular weight excluding hydrogens is 250 g/mol. The van der Waals surface area contributed by atoms with E-state index in [9.17, 15) is 9.59 Å². The summed E-state index contributed by atoms with van der Waals surface area (Å²) < 4.78 is 1.51. The normalized spacial score (nSPS) is 10.6. The van der Waals surface area contributed by atoms with Crippen molar-refractivity contribution in [2.24, 2.45) is 0 Å². The first-order chi connectivity index (χ1) is 9.13. The van der Waals surface area contributed by atoms with E-state index in [1.807, 2.05) is 6.92 Å². The van der Waals surface area contributed by atoms with E-state index >= 15 is 0 Å². The van der Waals surface area contributed by atoms with Crippen molar-refractivity contribution >= 4 is 17.7 Å². The average molecular weight is 263 g/mol. The molecule has 2 aromatic heterocycles. The highest BCUT2D eigenvalue weighted by molar-refractivity contribution is 5.95. The van der Waals surface area contributed by atoms with Gasteiger partial charge in [0.05, 0.1) is 17.7 Å². The molecule has 2 aromatic rings. The van der Waals surface area contributed by atoms with E-state index in [4.69, 9.17) is 5.11 Å². The van der Waals surface area contributed by atoms with Gasteiger partial charge in [0.1, 0.15) is 6.33 Å². The highest BCUT2D eigenvalue weighted by Crippen LogP contribution is 2.09. The smallest absolute Gasteiger partial charge is 0.305 e. The molecule has 2 rings (SSSR count). The number of aliphatic carboxylic acids is 1. The molecule has 8 heteroatoms. The Balaban J connectivity index is 2.23. The van der Waals surface area contributed by atoms with Crippen molar-refractivity contribution in [1.82, 2.24) is 24.9 Å². The molecule has 0 bridgehead atoms. The fourth-order valence-electron chi connectivity index (χ4n) is 1.73. The van der Waals surface area contributed by atoms with E-state index in [1.165, 1.54) is 17.0 Å². The Morgan fingerprint density at radius 2 is 2.21 bits per heavy atom. The fraction of sp³-hybridized carbons (Fsp3) is 0.364. The Morgan fingerprint density at radius 1 is 1.42 bits per heavy atom. The maximum Gasteiger partial charge on any atom is 0.305 e. The topological polar surface area (TPSA) is 109 Å². The van der Waals surface area contributed by atoms with Crippen LogP contribution >= 0.6 is 0 Å². The lowest BCUT2D eigenvalue weighted by molar-refractivity contribution is -0.136. The van der Waals surface area contributed by atoms with Crippen molar-refractivity contribution < 1.29 is 14.7 Å². The maximum absolute atomic E-state index is 12.0. The van der Waals surface area contributed by atoms with Crippen molar-refractivity contribution in [2.45, 2.75) is 19.8 Å². The monoisotopic (exact) mass is 263 g/mol. The molecule has 2 heterocycles. The Kier molecular flexibility index (Phi) is 3.69. The lowest BCUT2D eigenvalue weighted by atomic mass is 10.2. The third-order valence-corrected chi connectivity index (χ3v) is 2.61. The molecule has 100 valence electrons. The number of rotatable bonds is 5. The summed E-state index contributed by atoms with van der Waals surface area (Å²) in [4.78, 5) is 30.3. The number of carboxylic acid groups (broad SMARTS) is 1. The van der Waals surface area contributed by atoms with E-state index in [2.05, 4.69) is 20.4 Å². The number of carbonyl (C=O) groups is 2. The second kappa shape index (κ2) is 5.42. The molecule has 0 aliphatic carbocycles. The van der Waals surface area contributed by atoms with Crippen LogP contribution in [0.5, 0.6) is 0 Å². The van der Waals surface area contributed by atoms with Crippen molar-refractivity contribution in [2.75, 3.05) is 6.54 Å². The van der Waals surface area contributed by atoms with Gasteiger partial charge in [-0.3, -0.25) is 9.59 Å². The van der Waals surface area contributed by atoms with Crippen molar-refractivity contribution in [3.05, 3.63) is 23.8 Å². The number of aromatic nitrogens is 4. The molecule has 2 N–H and O–H groups in total. The van der Waals surface area contributed by atoms with Gasteiger partial charge in [-0.25, -0.2) is 9.50 Å². The van der Waals surface area contributed by atoms with Crippen molar-refractivity contribution in [1.29, 1.82) is 0 Å². The van der Waals surface area contributed by atoms with E-state index < -0.39 is 5.97 Å². The zero-order valence-electron chi connectivity index (χ0n) is 10.3. The first-order valence-corrected chi connectivity index (χ1v) is 5.81. The van der Waals surface area contributed by atoms with Gasteiger partial charge in [0.15, 0.2) is 0 Å². The average Bonchev–Trinajstić information content (AvgIpc) is 2.85. The van der Waals surface area contributed by atoms with Crippen molar-refractivity contribution in [3.63, 3.8) is 0 Å². The molecule has 0 unspecified atom stereocenters. The van der Waals surface area contributed by atoms with Crippen molar-refractivity contribution in [3.8, 4) is 0 Å². The Morgan fingerprint density at radius 3 is 2.89 bits per heavy atom. The number of nitrogens with one attached hydrogen (secondary N) is 1. The molecule has 0 atom stereocenters. The van der Waals surface area contributed by atoms with Gasteiger partial charge in [0.2, 0.25) is 0 Å². The Hall–Kier alpha value is -2.51. The molecular formula is C11H13N5O3. The van der Waals surface area contributed by atoms with Crippen LogP contribution in [-0.4, -0.2) is 43.1 Å². The Bertz CT molecular complexity index is 622.